The Morgan fingerprint density at radius 2 is 2.05 bits per heavy atom. The Morgan fingerprint density at radius 1 is 1.29 bits per heavy atom. The molecule has 0 atom stereocenters. The lowest BCUT2D eigenvalue weighted by molar-refractivity contribution is -0.113. The summed E-state index contributed by atoms with van der Waals surface area (Å²) in [7, 11) is -3.92. The minimum Gasteiger partial charge on any atom is -0.505 e. The summed E-state index contributed by atoms with van der Waals surface area (Å²) in [5.41, 5.74) is -0.427. The number of carbonyl (C=O) groups is 1. The van der Waals surface area contributed by atoms with Crippen LogP contribution in [0.4, 0.5) is 5.88 Å². The van der Waals surface area contributed by atoms with Crippen LogP contribution in [0.3, 0.4) is 0 Å². The molecular weight excluding hydrogens is 298 g/mol. The van der Waals surface area contributed by atoms with Gasteiger partial charge in [0.25, 0.3) is 15.9 Å². The van der Waals surface area contributed by atoms with Gasteiger partial charge in [-0.1, -0.05) is 17.3 Å². The Kier molecular flexibility index (Phi) is 2.91. The molecule has 2 heterocycles. The summed E-state index contributed by atoms with van der Waals surface area (Å²) in [6, 6.07) is 7.19. The predicted molar refractivity (Wildman–Crippen MR) is 71.4 cm³/mol. The summed E-state index contributed by atoms with van der Waals surface area (Å²) in [6.45, 7) is 0. The first kappa shape index (κ1) is 13.2. The van der Waals surface area contributed by atoms with Crippen LogP contribution >= 0.6 is 0 Å². The molecule has 1 aliphatic heterocycles. The van der Waals surface area contributed by atoms with Crippen molar-refractivity contribution in [3.63, 3.8) is 0 Å². The highest BCUT2D eigenvalue weighted by Crippen LogP contribution is 2.29. The van der Waals surface area contributed by atoms with Crippen molar-refractivity contribution in [2.24, 2.45) is 0 Å². The van der Waals surface area contributed by atoms with Crippen molar-refractivity contribution in [3.8, 4) is 0 Å². The van der Waals surface area contributed by atoms with E-state index in [9.17, 15) is 18.3 Å². The van der Waals surface area contributed by atoms with E-state index in [1.807, 2.05) is 4.72 Å². The first-order chi connectivity index (χ1) is 9.99. The summed E-state index contributed by atoms with van der Waals surface area (Å²) in [5.74, 6) is -1.29. The van der Waals surface area contributed by atoms with E-state index in [1.54, 1.807) is 6.07 Å². The summed E-state index contributed by atoms with van der Waals surface area (Å²) >= 11 is 0. The van der Waals surface area contributed by atoms with Gasteiger partial charge in [-0.05, 0) is 12.1 Å². The van der Waals surface area contributed by atoms with Crippen LogP contribution in [0, 0.1) is 0 Å². The third kappa shape index (κ3) is 2.23. The molecular formula is C12H9N3O5S. The number of rotatable bonds is 2. The molecule has 0 saturated heterocycles. The van der Waals surface area contributed by atoms with Crippen molar-refractivity contribution in [2.45, 2.75) is 4.90 Å². The molecule has 0 spiro atoms. The maximum Gasteiger partial charge on any atom is 0.279 e. The second-order valence-corrected chi connectivity index (χ2v) is 5.81. The van der Waals surface area contributed by atoms with E-state index in [-0.39, 0.29) is 16.3 Å². The van der Waals surface area contributed by atoms with Gasteiger partial charge < -0.3 is 9.63 Å². The number of sulfonamides is 1. The Balaban J connectivity index is 2.05. The number of nitrogens with one attached hydrogen (secondary N) is 2. The minimum atomic E-state index is -3.92. The zero-order chi connectivity index (χ0) is 15.0. The van der Waals surface area contributed by atoms with Gasteiger partial charge in [-0.25, -0.2) is 8.42 Å². The monoisotopic (exact) mass is 307 g/mol. The van der Waals surface area contributed by atoms with E-state index in [1.165, 1.54) is 30.5 Å². The number of aliphatic hydroxyl groups excluding tert-OH is 1. The minimum absolute atomic E-state index is 0.0263. The second kappa shape index (κ2) is 4.63. The molecule has 3 N–H and O–H groups in total. The Hall–Kier alpha value is -2.81. The maximum atomic E-state index is 12.1. The molecule has 9 heteroatoms. The van der Waals surface area contributed by atoms with Crippen LogP contribution < -0.4 is 10.0 Å². The number of benzene rings is 1. The fraction of sp³-hybridized carbons (Fsp3) is 0. The summed E-state index contributed by atoms with van der Waals surface area (Å²) in [6.07, 6.45) is 1.31. The van der Waals surface area contributed by atoms with Gasteiger partial charge in [-0.3, -0.25) is 14.8 Å². The summed E-state index contributed by atoms with van der Waals surface area (Å²) < 4.78 is 30.9. The van der Waals surface area contributed by atoms with Crippen molar-refractivity contribution >= 4 is 27.6 Å². The number of hydrogen-bond donors (Lipinski definition) is 3. The van der Waals surface area contributed by atoms with Gasteiger partial charge in [-0.15, -0.1) is 0 Å². The van der Waals surface area contributed by atoms with E-state index >= 15 is 0 Å². The van der Waals surface area contributed by atoms with Crippen LogP contribution in [0.25, 0.3) is 5.76 Å². The highest BCUT2D eigenvalue weighted by molar-refractivity contribution is 7.89. The Morgan fingerprint density at radius 3 is 2.76 bits per heavy atom. The van der Waals surface area contributed by atoms with Gasteiger partial charge in [0, 0.05) is 11.6 Å². The molecule has 1 aliphatic rings. The largest absolute Gasteiger partial charge is 0.505 e. The van der Waals surface area contributed by atoms with E-state index in [0.717, 1.165) is 0 Å². The Labute approximate surface area is 119 Å². The average Bonchev–Trinajstić information content (AvgIpc) is 2.96. The quantitative estimate of drug-likeness (QED) is 0.755. The van der Waals surface area contributed by atoms with Crippen molar-refractivity contribution in [1.29, 1.82) is 0 Å². The average molecular weight is 307 g/mol. The molecule has 2 aromatic rings. The van der Waals surface area contributed by atoms with E-state index < -0.39 is 27.4 Å². The molecule has 1 aromatic heterocycles. The lowest BCUT2D eigenvalue weighted by Crippen LogP contribution is -2.35. The van der Waals surface area contributed by atoms with E-state index in [0.29, 0.717) is 0 Å². The molecule has 108 valence electrons. The van der Waals surface area contributed by atoms with Gasteiger partial charge in [0.05, 0.1) is 11.1 Å². The molecule has 1 amide bonds. The van der Waals surface area contributed by atoms with Gasteiger partial charge in [0.2, 0.25) is 5.88 Å². The van der Waals surface area contributed by atoms with Crippen molar-refractivity contribution in [1.82, 2.24) is 9.88 Å². The molecule has 21 heavy (non-hydrogen) atoms. The predicted octanol–water partition coefficient (Wildman–Crippen LogP) is 0.832. The number of aliphatic hydroxyl groups is 1. The fourth-order valence-corrected chi connectivity index (χ4v) is 3.16. The molecule has 0 radical (unpaired) electrons. The van der Waals surface area contributed by atoms with Crippen LogP contribution in [-0.2, 0) is 14.8 Å². The van der Waals surface area contributed by atoms with Crippen molar-refractivity contribution in [2.75, 3.05) is 5.32 Å². The Bertz CT molecular complexity index is 840. The van der Waals surface area contributed by atoms with Gasteiger partial charge >= 0.3 is 0 Å². The normalized spacial score (nSPS) is 16.0. The molecule has 0 bridgehead atoms. The zero-order valence-electron chi connectivity index (χ0n) is 10.4. The highest BCUT2D eigenvalue weighted by Gasteiger charge is 2.32. The number of amides is 1. The summed E-state index contributed by atoms with van der Waals surface area (Å²) in [4.78, 5) is 11.9. The van der Waals surface area contributed by atoms with Gasteiger partial charge in [-0.2, -0.15) is 0 Å². The number of fused-ring (bicyclic) bond motifs is 1. The summed E-state index contributed by atoms with van der Waals surface area (Å²) in [5, 5.41) is 15.8. The van der Waals surface area contributed by atoms with Gasteiger partial charge in [0.15, 0.2) is 11.5 Å². The van der Waals surface area contributed by atoms with E-state index in [4.69, 9.17) is 0 Å². The zero-order valence-corrected chi connectivity index (χ0v) is 11.2. The lowest BCUT2D eigenvalue weighted by atomic mass is 10.1. The third-order valence-electron chi connectivity index (χ3n) is 2.81. The van der Waals surface area contributed by atoms with Crippen LogP contribution in [0.2, 0.25) is 0 Å². The second-order valence-electron chi connectivity index (χ2n) is 4.16. The standard InChI is InChI=1S/C12H9N3O5S/c16-11-7-3-1-2-4-8(7)21(18,19)15-10(11)12(17)14-9-5-6-13-20-9/h1-6,15-16H,(H,14,17). The number of hydrogen-bond acceptors (Lipinski definition) is 6. The van der Waals surface area contributed by atoms with Crippen molar-refractivity contribution < 1.29 is 22.8 Å². The van der Waals surface area contributed by atoms with Gasteiger partial charge in [0.1, 0.15) is 0 Å². The first-order valence-electron chi connectivity index (χ1n) is 5.76. The molecule has 0 saturated carbocycles. The maximum absolute atomic E-state index is 12.1. The fourth-order valence-electron chi connectivity index (χ4n) is 1.88. The smallest absolute Gasteiger partial charge is 0.279 e. The van der Waals surface area contributed by atoms with Crippen LogP contribution in [0.5, 0.6) is 0 Å². The molecule has 0 fully saturated rings. The third-order valence-corrected chi connectivity index (χ3v) is 4.21. The number of aromatic nitrogens is 1. The molecule has 1 aromatic carbocycles. The highest BCUT2D eigenvalue weighted by atomic mass is 32.2. The molecule has 8 nitrogen and oxygen atoms in total. The number of nitrogens with zero attached hydrogens (tertiary/aromatic N) is 1. The van der Waals surface area contributed by atoms with Crippen LogP contribution in [-0.4, -0.2) is 24.6 Å². The molecule has 0 aliphatic carbocycles. The number of anilines is 1. The van der Waals surface area contributed by atoms with Crippen LogP contribution in [0.15, 0.2) is 51.6 Å². The SMILES string of the molecule is O=C(Nc1ccno1)C1=C(O)c2ccccc2S(=O)(=O)N1. The first-order valence-corrected chi connectivity index (χ1v) is 7.25. The van der Waals surface area contributed by atoms with Crippen molar-refractivity contribution in [3.05, 3.63) is 47.8 Å². The topological polar surface area (TPSA) is 122 Å². The number of carbonyl (C=O) groups excluding carboxylic acids is 1. The lowest BCUT2D eigenvalue weighted by Gasteiger charge is -2.20. The molecule has 0 unspecified atom stereocenters. The molecule has 3 rings (SSSR count). The van der Waals surface area contributed by atoms with E-state index in [2.05, 4.69) is 15.0 Å². The van der Waals surface area contributed by atoms with Crippen LogP contribution in [0.1, 0.15) is 5.56 Å².